The van der Waals surface area contributed by atoms with Gasteiger partial charge in [0.2, 0.25) is 0 Å². The normalized spacial score (nSPS) is 9.26. The molecule has 0 aliphatic rings. The average Bonchev–Trinajstić information content (AvgIpc) is 2.37. The summed E-state index contributed by atoms with van der Waals surface area (Å²) in [6.07, 6.45) is 9.36. The van der Waals surface area contributed by atoms with E-state index in [1.807, 2.05) is 0 Å². The van der Waals surface area contributed by atoms with Crippen molar-refractivity contribution in [2.75, 3.05) is 13.2 Å². The van der Waals surface area contributed by atoms with Crippen LogP contribution in [0.1, 0.15) is 65.2 Å². The third-order valence-corrected chi connectivity index (χ3v) is 2.02. The molecule has 0 atom stereocenters. The summed E-state index contributed by atoms with van der Waals surface area (Å²) in [7, 11) is 0. The van der Waals surface area contributed by atoms with E-state index in [1.165, 1.54) is 38.5 Å². The Labute approximate surface area is 212 Å². The second-order valence-corrected chi connectivity index (χ2v) is 8.94. The summed E-state index contributed by atoms with van der Waals surface area (Å²) in [5, 5.41) is 16.6. The van der Waals surface area contributed by atoms with Crippen LogP contribution in [0.5, 0.6) is 0 Å². The van der Waals surface area contributed by atoms with Crippen molar-refractivity contribution in [1.29, 1.82) is 0 Å². The molecule has 8 nitrogen and oxygen atoms in total. The molecule has 0 bridgehead atoms. The van der Waals surface area contributed by atoms with Crippen LogP contribution in [0.3, 0.4) is 0 Å². The van der Waals surface area contributed by atoms with Gasteiger partial charge in [-0.05, 0) is 12.8 Å². The van der Waals surface area contributed by atoms with E-state index in [0.29, 0.717) is 13.2 Å². The molecule has 0 unspecified atom stereocenters. The molecular formula is C12H28O8P2S2Zn3. The smallest absolute Gasteiger partial charge is 0.844 e. The maximum Gasteiger partial charge on any atom is 2.00 e. The topological polar surface area (TPSA) is 179 Å². The van der Waals surface area contributed by atoms with E-state index in [-0.39, 0.29) is 58.4 Å². The molecule has 0 saturated carbocycles. The van der Waals surface area contributed by atoms with Crippen molar-refractivity contribution >= 4 is 37.1 Å². The number of hydrogen-bond donors (Lipinski definition) is 2. The Hall–Kier alpha value is 2.85. The summed E-state index contributed by atoms with van der Waals surface area (Å²) in [4.78, 5) is 53.5. The molecule has 0 amide bonds. The zero-order valence-corrected chi connectivity index (χ0v) is 28.6. The average molecular weight is 623 g/mol. The molecule has 0 radical (unpaired) electrons. The first-order valence-corrected chi connectivity index (χ1v) is 12.6. The Balaban J connectivity index is -0.0000000385. The van der Waals surface area contributed by atoms with Crippen molar-refractivity contribution in [3.63, 3.8) is 0 Å². The van der Waals surface area contributed by atoms with E-state index in [0.717, 1.165) is 12.8 Å². The van der Waals surface area contributed by atoms with E-state index >= 15 is 0 Å². The van der Waals surface area contributed by atoms with Gasteiger partial charge in [-0.1, -0.05) is 52.4 Å². The van der Waals surface area contributed by atoms with Gasteiger partial charge in [-0.3, -0.25) is 0 Å². The molecule has 0 aliphatic heterocycles. The van der Waals surface area contributed by atoms with Gasteiger partial charge in [0.15, 0.2) is 0 Å². The van der Waals surface area contributed by atoms with Crippen molar-refractivity contribution in [2.24, 2.45) is 0 Å². The molecule has 0 aromatic heterocycles. The minimum Gasteiger partial charge on any atom is -0.844 e. The fraction of sp³-hybridized carbons (Fsp3) is 1.00. The van der Waals surface area contributed by atoms with Crippen LogP contribution >= 0.6 is 13.4 Å². The first-order valence-electron chi connectivity index (χ1n) is 7.51. The van der Waals surface area contributed by atoms with Gasteiger partial charge in [0, 0.05) is 13.2 Å². The van der Waals surface area contributed by atoms with Crippen molar-refractivity contribution in [1.82, 2.24) is 0 Å². The van der Waals surface area contributed by atoms with Gasteiger partial charge in [0.05, 0.1) is 0 Å². The second-order valence-electron chi connectivity index (χ2n) is 4.46. The molecule has 27 heavy (non-hydrogen) atoms. The first kappa shape index (κ1) is 47.6. The minimum atomic E-state index is -4.56. The van der Waals surface area contributed by atoms with E-state index in [4.69, 9.17) is 39.6 Å². The van der Waals surface area contributed by atoms with Gasteiger partial charge in [-0.2, -0.15) is 23.6 Å². The van der Waals surface area contributed by atoms with E-state index in [1.54, 1.807) is 0 Å². The Morgan fingerprint density at radius 3 is 0.852 bits per heavy atom. The zero-order valence-electron chi connectivity index (χ0n) is 16.2. The summed E-state index contributed by atoms with van der Waals surface area (Å²) >= 11 is 6.54. The summed E-state index contributed by atoms with van der Waals surface area (Å²) in [6, 6.07) is 0. The van der Waals surface area contributed by atoms with Crippen LogP contribution in [-0.2, 0) is 82.0 Å². The molecule has 0 fully saturated rings. The van der Waals surface area contributed by atoms with Crippen molar-refractivity contribution in [2.45, 2.75) is 65.2 Å². The van der Waals surface area contributed by atoms with Gasteiger partial charge in [0.25, 0.3) is 0 Å². The maximum absolute atomic E-state index is 8.92. The molecule has 0 rings (SSSR count). The Morgan fingerprint density at radius 1 is 0.556 bits per heavy atom. The summed E-state index contributed by atoms with van der Waals surface area (Å²) < 4.78 is 0. The summed E-state index contributed by atoms with van der Waals surface area (Å²) in [5.41, 5.74) is 0. The summed E-state index contributed by atoms with van der Waals surface area (Å²) in [6.45, 7) is -4.06. The van der Waals surface area contributed by atoms with Gasteiger partial charge in [-0.25, -0.2) is 0 Å². The summed E-state index contributed by atoms with van der Waals surface area (Å²) in [5.74, 6) is 0. The Bertz CT molecular complexity index is 268. The third-order valence-electron chi connectivity index (χ3n) is 2.02. The van der Waals surface area contributed by atoms with Crippen LogP contribution in [0.15, 0.2) is 0 Å². The van der Waals surface area contributed by atoms with Crippen LogP contribution < -0.4 is 29.4 Å². The van der Waals surface area contributed by atoms with Crippen LogP contribution in [0, 0.1) is 0 Å². The van der Waals surface area contributed by atoms with Crippen molar-refractivity contribution in [3.8, 4) is 0 Å². The third kappa shape index (κ3) is 177. The molecule has 15 heteroatoms. The number of unbranched alkanes of at least 4 members (excludes halogenated alkanes) is 6. The van der Waals surface area contributed by atoms with Gasteiger partial charge in [0.1, 0.15) is 0 Å². The number of aliphatic hydroxyl groups is 2. The molecule has 2 N–H and O–H groups in total. The van der Waals surface area contributed by atoms with Crippen LogP contribution in [0.4, 0.5) is 0 Å². The van der Waals surface area contributed by atoms with E-state index < -0.39 is 13.4 Å². The van der Waals surface area contributed by atoms with Gasteiger partial charge < -0.3 is 53.0 Å². The SMILES string of the molecule is CCCCCCO.CCCCCCO.[O-]P([O-])([O-])=S.[O-]P([O-])([O-])=S.[Zn+2].[Zn+2].[Zn+2]. The number of aliphatic hydroxyl groups excluding tert-OH is 2. The fourth-order valence-corrected chi connectivity index (χ4v) is 1.08. The molecule has 0 aromatic carbocycles. The van der Waals surface area contributed by atoms with Crippen molar-refractivity contribution < 1.29 is 98.0 Å². The Kier molecular flexibility index (Phi) is 63.9. The predicted molar refractivity (Wildman–Crippen MR) is 91.0 cm³/mol. The van der Waals surface area contributed by atoms with Gasteiger partial charge >= 0.3 is 58.4 Å². The fourth-order valence-electron chi connectivity index (χ4n) is 1.08. The van der Waals surface area contributed by atoms with E-state index in [2.05, 4.69) is 37.5 Å². The standard InChI is InChI=1S/2C6H14O.2H3O3PS.3Zn/c2*1-2-3-4-5-6-7;2*1-4(2,3)5;;;/h2*7H,2-6H2,1H3;2*(H3,1,2,3,5);;;/q;;;;3*+2/p-6. The van der Waals surface area contributed by atoms with Crippen LogP contribution in [0.2, 0.25) is 0 Å². The van der Waals surface area contributed by atoms with E-state index in [9.17, 15) is 0 Å². The zero-order chi connectivity index (χ0) is 20.1. The Morgan fingerprint density at radius 2 is 0.741 bits per heavy atom. The minimum absolute atomic E-state index is 0. The van der Waals surface area contributed by atoms with Crippen LogP contribution in [-0.4, -0.2) is 23.4 Å². The molecule has 0 aliphatic carbocycles. The molecule has 0 aromatic rings. The predicted octanol–water partition coefficient (Wildman–Crippen LogP) is -2.31. The van der Waals surface area contributed by atoms with Crippen LogP contribution in [0.25, 0.3) is 0 Å². The molecule has 0 spiro atoms. The quantitative estimate of drug-likeness (QED) is 0.170. The molecule has 152 valence electrons. The maximum atomic E-state index is 8.92. The molecule has 0 saturated heterocycles. The molecule has 0 heterocycles. The van der Waals surface area contributed by atoms with Gasteiger partial charge in [-0.15, -0.1) is 0 Å². The molecular weight excluding hydrogens is 594 g/mol. The number of rotatable bonds is 8. The monoisotopic (exact) mass is 618 g/mol. The van der Waals surface area contributed by atoms with Crippen molar-refractivity contribution in [3.05, 3.63) is 0 Å². The first-order chi connectivity index (χ1) is 10.8. The number of hydrogen-bond acceptors (Lipinski definition) is 10. The largest absolute Gasteiger partial charge is 2.00 e. The second kappa shape index (κ2) is 36.2.